The van der Waals surface area contributed by atoms with Crippen LogP contribution in [-0.4, -0.2) is 74.9 Å². The third-order valence-corrected chi connectivity index (χ3v) is 11.2. The van der Waals surface area contributed by atoms with E-state index < -0.39 is 26.5 Å². The molecule has 336 valence electrons. The number of unbranched alkanes of at least 4 members (excludes halogenated alkanes) is 25. The number of ether oxygens (including phenoxy) is 2. The Morgan fingerprint density at radius 1 is 0.544 bits per heavy atom. The smallest absolute Gasteiger partial charge is 0.462 e. The average molecular weight is 829 g/mol. The highest BCUT2D eigenvalue weighted by Crippen LogP contribution is 2.43. The SMILES string of the molecule is CCCCC/C=C\C/C=C\CCCCCCCCCCCC(=O)OC[C@H](COP(=O)(O)OCC[N+](C)(C)C)OC(=O)CCCCCCCCCCCCCCCC. The summed E-state index contributed by atoms with van der Waals surface area (Å²) in [4.78, 5) is 35.4. The van der Waals surface area contributed by atoms with Crippen molar-refractivity contribution in [2.45, 2.75) is 219 Å². The van der Waals surface area contributed by atoms with Crippen LogP contribution in [0, 0.1) is 0 Å². The van der Waals surface area contributed by atoms with Crippen molar-refractivity contribution in [3.8, 4) is 0 Å². The molecule has 0 spiro atoms. The van der Waals surface area contributed by atoms with Gasteiger partial charge in [0.25, 0.3) is 0 Å². The van der Waals surface area contributed by atoms with Crippen molar-refractivity contribution >= 4 is 19.8 Å². The van der Waals surface area contributed by atoms with Gasteiger partial charge in [0.1, 0.15) is 19.8 Å². The number of phosphoric acid groups is 1. The minimum atomic E-state index is -4.37. The molecule has 0 aromatic rings. The fourth-order valence-electron chi connectivity index (χ4n) is 6.52. The summed E-state index contributed by atoms with van der Waals surface area (Å²) in [6, 6.07) is 0. The zero-order valence-electron chi connectivity index (χ0n) is 37.8. The van der Waals surface area contributed by atoms with Crippen molar-refractivity contribution in [2.24, 2.45) is 0 Å². The number of allylic oxidation sites excluding steroid dienone is 4. The molecule has 0 rings (SSSR count). The summed E-state index contributed by atoms with van der Waals surface area (Å²) in [5.74, 6) is -0.794. The van der Waals surface area contributed by atoms with Gasteiger partial charge in [-0.3, -0.25) is 18.6 Å². The van der Waals surface area contributed by atoms with E-state index in [0.29, 0.717) is 17.4 Å². The predicted octanol–water partition coefficient (Wildman–Crippen LogP) is 13.5. The van der Waals surface area contributed by atoms with Gasteiger partial charge in [0.2, 0.25) is 0 Å². The van der Waals surface area contributed by atoms with Crippen LogP contribution in [0.2, 0.25) is 0 Å². The summed E-state index contributed by atoms with van der Waals surface area (Å²) in [5.41, 5.74) is 0. The third-order valence-electron chi connectivity index (χ3n) is 10.2. The second-order valence-electron chi connectivity index (χ2n) is 17.1. The highest BCUT2D eigenvalue weighted by atomic mass is 31.2. The predicted molar refractivity (Wildman–Crippen MR) is 238 cm³/mol. The molecule has 0 aliphatic heterocycles. The fraction of sp³-hybridized carbons (Fsp3) is 0.872. The van der Waals surface area contributed by atoms with Crippen molar-refractivity contribution in [3.05, 3.63) is 24.3 Å². The summed E-state index contributed by atoms with van der Waals surface area (Å²) in [7, 11) is 1.48. The van der Waals surface area contributed by atoms with E-state index in [9.17, 15) is 19.0 Å². The Kier molecular flexibility index (Phi) is 38.9. The normalized spacial score (nSPS) is 13.7. The number of likely N-dealkylation sites (N-methyl/N-ethyl adjacent to an activating group) is 1. The second-order valence-corrected chi connectivity index (χ2v) is 18.6. The van der Waals surface area contributed by atoms with Gasteiger partial charge in [-0.1, -0.05) is 179 Å². The van der Waals surface area contributed by atoms with Gasteiger partial charge in [0.05, 0.1) is 27.7 Å². The number of carbonyl (C=O) groups excluding carboxylic acids is 2. The zero-order valence-corrected chi connectivity index (χ0v) is 38.7. The first-order chi connectivity index (χ1) is 27.5. The molecule has 0 amide bonds. The van der Waals surface area contributed by atoms with Gasteiger partial charge in [-0.05, 0) is 44.9 Å². The van der Waals surface area contributed by atoms with Crippen LogP contribution in [0.5, 0.6) is 0 Å². The van der Waals surface area contributed by atoms with Gasteiger partial charge in [0, 0.05) is 12.8 Å². The number of quaternary nitrogens is 1. The van der Waals surface area contributed by atoms with Gasteiger partial charge in [-0.25, -0.2) is 4.57 Å². The Morgan fingerprint density at radius 3 is 1.42 bits per heavy atom. The Morgan fingerprint density at radius 2 is 0.947 bits per heavy atom. The van der Waals surface area contributed by atoms with E-state index in [0.717, 1.165) is 38.5 Å². The highest BCUT2D eigenvalue weighted by molar-refractivity contribution is 7.47. The topological polar surface area (TPSA) is 108 Å². The molecule has 0 aromatic carbocycles. The van der Waals surface area contributed by atoms with Crippen LogP contribution < -0.4 is 0 Å². The van der Waals surface area contributed by atoms with Crippen LogP contribution in [0.1, 0.15) is 213 Å². The van der Waals surface area contributed by atoms with Gasteiger partial charge in [-0.15, -0.1) is 0 Å². The molecule has 0 radical (unpaired) electrons. The Balaban J connectivity index is 4.28. The lowest BCUT2D eigenvalue weighted by Crippen LogP contribution is -2.37. The van der Waals surface area contributed by atoms with E-state index >= 15 is 0 Å². The molecule has 2 atom stereocenters. The van der Waals surface area contributed by atoms with Crippen molar-refractivity contribution < 1.29 is 42.1 Å². The van der Waals surface area contributed by atoms with E-state index in [4.69, 9.17) is 18.5 Å². The van der Waals surface area contributed by atoms with Crippen LogP contribution in [0.15, 0.2) is 24.3 Å². The molecule has 57 heavy (non-hydrogen) atoms. The van der Waals surface area contributed by atoms with Crippen LogP contribution >= 0.6 is 7.82 Å². The first kappa shape index (κ1) is 55.5. The van der Waals surface area contributed by atoms with E-state index in [2.05, 4.69) is 38.2 Å². The number of esters is 2. The van der Waals surface area contributed by atoms with Crippen LogP contribution in [-0.2, 0) is 32.7 Å². The molecule has 1 unspecified atom stereocenters. The van der Waals surface area contributed by atoms with Gasteiger partial charge >= 0.3 is 19.8 Å². The molecule has 0 saturated heterocycles. The quantitative estimate of drug-likeness (QED) is 0.0213. The number of hydrogen-bond acceptors (Lipinski definition) is 7. The number of nitrogens with zero attached hydrogens (tertiary/aromatic N) is 1. The monoisotopic (exact) mass is 829 g/mol. The Bertz CT molecular complexity index is 1030. The van der Waals surface area contributed by atoms with E-state index in [-0.39, 0.29) is 32.0 Å². The molecule has 1 N–H and O–H groups in total. The lowest BCUT2D eigenvalue weighted by Gasteiger charge is -2.24. The molecule has 0 aliphatic carbocycles. The zero-order chi connectivity index (χ0) is 42.1. The van der Waals surface area contributed by atoms with Crippen molar-refractivity contribution in [1.82, 2.24) is 0 Å². The van der Waals surface area contributed by atoms with Crippen LogP contribution in [0.25, 0.3) is 0 Å². The molecule has 0 bridgehead atoms. The molecule has 0 aliphatic rings. The van der Waals surface area contributed by atoms with Crippen LogP contribution in [0.3, 0.4) is 0 Å². The molecular formula is C47H91NO8P+. The number of hydrogen-bond donors (Lipinski definition) is 1. The second kappa shape index (κ2) is 39.9. The summed E-state index contributed by atoms with van der Waals surface area (Å²) in [5, 5.41) is 0. The van der Waals surface area contributed by atoms with E-state index in [1.165, 1.54) is 141 Å². The summed E-state index contributed by atoms with van der Waals surface area (Å²) in [6.45, 7) is 4.42. The van der Waals surface area contributed by atoms with E-state index in [1.807, 2.05) is 21.1 Å². The largest absolute Gasteiger partial charge is 0.472 e. The lowest BCUT2D eigenvalue weighted by molar-refractivity contribution is -0.870. The maximum absolute atomic E-state index is 12.7. The van der Waals surface area contributed by atoms with Crippen molar-refractivity contribution in [2.75, 3.05) is 47.5 Å². The summed E-state index contributed by atoms with van der Waals surface area (Å²) in [6.07, 6.45) is 43.6. The Hall–Kier alpha value is -1.51. The molecule has 0 fully saturated rings. The third kappa shape index (κ3) is 43.9. The van der Waals surface area contributed by atoms with Gasteiger partial charge in [0.15, 0.2) is 6.10 Å². The molecule has 0 saturated carbocycles. The number of phosphoric ester groups is 1. The maximum atomic E-state index is 12.7. The first-order valence-electron chi connectivity index (χ1n) is 23.6. The molecule has 9 nitrogen and oxygen atoms in total. The number of carbonyl (C=O) groups is 2. The first-order valence-corrected chi connectivity index (χ1v) is 25.1. The van der Waals surface area contributed by atoms with Crippen molar-refractivity contribution in [3.63, 3.8) is 0 Å². The standard InChI is InChI=1S/C47H90NO8P/c1-6-8-10-12-14-16-18-20-22-23-24-25-26-28-29-31-33-35-37-39-46(49)53-43-45(44-55-57(51,52)54-42-41-48(3,4)5)56-47(50)40-38-36-34-32-30-27-21-19-17-15-13-11-9-7-2/h14,16,20,22,45H,6-13,15,17-19,21,23-44H2,1-5H3/p+1/b16-14-,22-20-/t45-/m1/s1. The van der Waals surface area contributed by atoms with Gasteiger partial charge < -0.3 is 18.9 Å². The maximum Gasteiger partial charge on any atom is 0.472 e. The van der Waals surface area contributed by atoms with Gasteiger partial charge in [-0.2, -0.15) is 0 Å². The van der Waals surface area contributed by atoms with E-state index in [1.54, 1.807) is 0 Å². The summed E-state index contributed by atoms with van der Waals surface area (Å²) < 4.78 is 34.4. The lowest BCUT2D eigenvalue weighted by atomic mass is 10.0. The highest BCUT2D eigenvalue weighted by Gasteiger charge is 2.27. The minimum Gasteiger partial charge on any atom is -0.462 e. The number of rotatable bonds is 43. The minimum absolute atomic E-state index is 0.0332. The average Bonchev–Trinajstić information content (AvgIpc) is 3.16. The fourth-order valence-corrected chi connectivity index (χ4v) is 7.26. The summed E-state index contributed by atoms with van der Waals surface area (Å²) >= 11 is 0. The molecule has 10 heteroatoms. The van der Waals surface area contributed by atoms with Crippen LogP contribution in [0.4, 0.5) is 0 Å². The molecule has 0 heterocycles. The molecular weight excluding hydrogens is 737 g/mol. The Labute approximate surface area is 351 Å². The molecule has 0 aromatic heterocycles. The van der Waals surface area contributed by atoms with Crippen molar-refractivity contribution in [1.29, 1.82) is 0 Å².